The third kappa shape index (κ3) is 5.18. The Balaban J connectivity index is 2.79. The van der Waals surface area contributed by atoms with Gasteiger partial charge in [0.05, 0.1) is 20.3 Å². The van der Waals surface area contributed by atoms with E-state index in [0.29, 0.717) is 13.0 Å². The highest BCUT2D eigenvalue weighted by Crippen LogP contribution is 2.48. The summed E-state index contributed by atoms with van der Waals surface area (Å²) in [6.07, 6.45) is 1.02. The van der Waals surface area contributed by atoms with Crippen LogP contribution in [0.25, 0.3) is 0 Å². The number of rotatable bonds is 8. The molecule has 1 heterocycles. The maximum atomic E-state index is 12.4. The third-order valence-corrected chi connectivity index (χ3v) is 5.33. The molecule has 1 saturated heterocycles. The fourth-order valence-electron chi connectivity index (χ4n) is 2.44. The first-order valence-corrected chi connectivity index (χ1v) is 8.92. The van der Waals surface area contributed by atoms with Gasteiger partial charge in [-0.05, 0) is 33.2 Å². The fourth-order valence-corrected chi connectivity index (χ4v) is 4.10. The Kier molecular flexibility index (Phi) is 7.52. The fraction of sp³-hybridized carbons (Fsp3) is 0.846. The molecule has 0 amide bonds. The van der Waals surface area contributed by atoms with Gasteiger partial charge in [-0.2, -0.15) is 0 Å². The average molecular weight is 321 g/mol. The van der Waals surface area contributed by atoms with E-state index in [1.54, 1.807) is 13.8 Å². The van der Waals surface area contributed by atoms with Crippen molar-refractivity contribution < 1.29 is 27.9 Å². The highest BCUT2D eigenvalue weighted by molar-refractivity contribution is 7.54. The number of methoxy groups -OCH3 is 1. The van der Waals surface area contributed by atoms with Gasteiger partial charge in [-0.25, -0.2) is 0 Å². The molecule has 1 N–H and O–H groups in total. The number of Topliss-reactive ketones (excluding diaryl/α,β-unsaturated/α-hetero) is 1. The number of ether oxygens (including phenoxy) is 1. The number of hydrogen-bond donors (Lipinski definition) is 1. The standard InChI is InChI=1S/C13H24NO6P/c1-4-19-21(17,20-5-2)9-11(15)10-7-6-8-14-12(10)13(16)18-3/h10,12,14H,4-9H2,1-3H3/t10-,12-/m1/s1. The zero-order valence-electron chi connectivity index (χ0n) is 12.8. The molecule has 0 aromatic heterocycles. The highest BCUT2D eigenvalue weighted by Gasteiger charge is 2.39. The zero-order valence-corrected chi connectivity index (χ0v) is 13.7. The molecule has 1 fully saturated rings. The van der Waals surface area contributed by atoms with Crippen LogP contribution in [0.3, 0.4) is 0 Å². The molecule has 0 unspecified atom stereocenters. The molecule has 1 aliphatic heterocycles. The zero-order chi connectivity index (χ0) is 15.9. The summed E-state index contributed by atoms with van der Waals surface area (Å²) >= 11 is 0. The van der Waals surface area contributed by atoms with Crippen LogP contribution in [0.2, 0.25) is 0 Å². The van der Waals surface area contributed by atoms with E-state index in [2.05, 4.69) is 5.32 Å². The summed E-state index contributed by atoms with van der Waals surface area (Å²) in [6.45, 7) is 4.44. The van der Waals surface area contributed by atoms with Crippen LogP contribution in [0.4, 0.5) is 0 Å². The van der Waals surface area contributed by atoms with E-state index in [-0.39, 0.29) is 25.2 Å². The van der Waals surface area contributed by atoms with Crippen molar-refractivity contribution in [2.24, 2.45) is 5.92 Å². The minimum Gasteiger partial charge on any atom is -0.468 e. The third-order valence-electron chi connectivity index (χ3n) is 3.33. The normalized spacial score (nSPS) is 22.8. The molecule has 2 atom stereocenters. The molecular weight excluding hydrogens is 297 g/mol. The van der Waals surface area contributed by atoms with E-state index < -0.39 is 25.5 Å². The number of piperidine rings is 1. The number of carbonyl (C=O) groups excluding carboxylic acids is 2. The molecule has 0 radical (unpaired) electrons. The number of carbonyl (C=O) groups is 2. The van der Waals surface area contributed by atoms with Crippen molar-refractivity contribution in [3.05, 3.63) is 0 Å². The summed E-state index contributed by atoms with van der Waals surface area (Å²) in [5, 5.41) is 2.98. The van der Waals surface area contributed by atoms with Crippen LogP contribution in [-0.4, -0.2) is 50.8 Å². The second-order valence-electron chi connectivity index (χ2n) is 4.77. The molecule has 0 aromatic carbocycles. The van der Waals surface area contributed by atoms with Gasteiger partial charge in [0.1, 0.15) is 18.0 Å². The first-order chi connectivity index (χ1) is 9.97. The minimum atomic E-state index is -3.44. The van der Waals surface area contributed by atoms with Crippen LogP contribution >= 0.6 is 7.60 Å². The van der Waals surface area contributed by atoms with E-state index in [9.17, 15) is 14.2 Å². The van der Waals surface area contributed by atoms with Gasteiger partial charge in [0.25, 0.3) is 0 Å². The summed E-state index contributed by atoms with van der Waals surface area (Å²) in [7, 11) is -2.15. The Bertz CT molecular complexity index is 403. The molecule has 21 heavy (non-hydrogen) atoms. The van der Waals surface area contributed by atoms with Gasteiger partial charge in [0, 0.05) is 5.92 Å². The van der Waals surface area contributed by atoms with Gasteiger partial charge in [-0.1, -0.05) is 0 Å². The van der Waals surface area contributed by atoms with Crippen molar-refractivity contribution >= 4 is 19.3 Å². The van der Waals surface area contributed by atoms with E-state index >= 15 is 0 Å². The molecule has 7 nitrogen and oxygen atoms in total. The summed E-state index contributed by atoms with van der Waals surface area (Å²) in [5.41, 5.74) is 0. The van der Waals surface area contributed by atoms with Gasteiger partial charge >= 0.3 is 13.6 Å². The lowest BCUT2D eigenvalue weighted by Gasteiger charge is -2.30. The smallest absolute Gasteiger partial charge is 0.338 e. The molecule has 0 saturated carbocycles. The number of hydrogen-bond acceptors (Lipinski definition) is 7. The lowest BCUT2D eigenvalue weighted by atomic mass is 9.88. The summed E-state index contributed by atoms with van der Waals surface area (Å²) in [6, 6.07) is -0.687. The number of nitrogens with one attached hydrogen (secondary N) is 1. The van der Waals surface area contributed by atoms with Crippen molar-refractivity contribution in [3.8, 4) is 0 Å². The van der Waals surface area contributed by atoms with Crippen molar-refractivity contribution in [3.63, 3.8) is 0 Å². The number of esters is 1. The number of ketones is 1. The summed E-state index contributed by atoms with van der Waals surface area (Å²) in [5.74, 6) is -1.32. The molecule has 1 rings (SSSR count). The Hall–Kier alpha value is -0.750. The van der Waals surface area contributed by atoms with E-state index in [4.69, 9.17) is 13.8 Å². The molecular formula is C13H24NO6P. The maximum absolute atomic E-state index is 12.4. The van der Waals surface area contributed by atoms with Gasteiger partial charge in [0.15, 0.2) is 0 Å². The molecule has 122 valence electrons. The quantitative estimate of drug-likeness (QED) is 0.533. The van der Waals surface area contributed by atoms with Crippen LogP contribution in [-0.2, 0) is 27.9 Å². The Labute approximate surface area is 125 Å². The Morgan fingerprint density at radius 1 is 1.24 bits per heavy atom. The Morgan fingerprint density at radius 2 is 1.86 bits per heavy atom. The SMILES string of the molecule is CCOP(=O)(CC(=O)[C@H]1CCCN[C@H]1C(=O)OC)OCC. The second kappa shape index (κ2) is 8.63. The molecule has 0 aromatic rings. The average Bonchev–Trinajstić information content (AvgIpc) is 2.46. The van der Waals surface area contributed by atoms with Crippen molar-refractivity contribution in [2.45, 2.75) is 32.7 Å². The van der Waals surface area contributed by atoms with E-state index in [1.165, 1.54) is 7.11 Å². The van der Waals surface area contributed by atoms with Crippen LogP contribution in [0, 0.1) is 5.92 Å². The van der Waals surface area contributed by atoms with Crippen LogP contribution in [0.15, 0.2) is 0 Å². The van der Waals surface area contributed by atoms with Crippen molar-refractivity contribution in [1.29, 1.82) is 0 Å². The van der Waals surface area contributed by atoms with Gasteiger partial charge in [-0.3, -0.25) is 14.2 Å². The molecule has 0 spiro atoms. The molecule has 0 bridgehead atoms. The van der Waals surface area contributed by atoms with Gasteiger partial charge < -0.3 is 19.1 Å². The first kappa shape index (κ1) is 18.3. The molecule has 0 aliphatic carbocycles. The lowest BCUT2D eigenvalue weighted by Crippen LogP contribution is -2.50. The van der Waals surface area contributed by atoms with E-state index in [0.717, 1.165) is 6.42 Å². The van der Waals surface area contributed by atoms with Crippen LogP contribution in [0.1, 0.15) is 26.7 Å². The minimum absolute atomic E-state index is 0.202. The van der Waals surface area contributed by atoms with Gasteiger partial charge in [-0.15, -0.1) is 0 Å². The predicted molar refractivity (Wildman–Crippen MR) is 77.3 cm³/mol. The van der Waals surface area contributed by atoms with E-state index in [1.807, 2.05) is 0 Å². The first-order valence-electron chi connectivity index (χ1n) is 7.19. The van der Waals surface area contributed by atoms with Crippen molar-refractivity contribution in [1.82, 2.24) is 5.32 Å². The molecule has 8 heteroatoms. The van der Waals surface area contributed by atoms with Crippen LogP contribution in [0.5, 0.6) is 0 Å². The van der Waals surface area contributed by atoms with Crippen LogP contribution < -0.4 is 5.32 Å². The second-order valence-corrected chi connectivity index (χ2v) is 6.83. The predicted octanol–water partition coefficient (Wildman–Crippen LogP) is 1.36. The molecule has 1 aliphatic rings. The monoisotopic (exact) mass is 321 g/mol. The Morgan fingerprint density at radius 3 is 2.38 bits per heavy atom. The largest absolute Gasteiger partial charge is 0.468 e. The topological polar surface area (TPSA) is 90.9 Å². The summed E-state index contributed by atoms with van der Waals surface area (Å²) < 4.78 is 27.4. The highest BCUT2D eigenvalue weighted by atomic mass is 31.2. The maximum Gasteiger partial charge on any atom is 0.338 e. The lowest BCUT2D eigenvalue weighted by molar-refractivity contribution is -0.147. The summed E-state index contributed by atoms with van der Waals surface area (Å²) in [4.78, 5) is 24.1. The van der Waals surface area contributed by atoms with Gasteiger partial charge in [0.2, 0.25) is 0 Å². The van der Waals surface area contributed by atoms with Crippen molar-refractivity contribution in [2.75, 3.05) is 33.0 Å².